The van der Waals surface area contributed by atoms with Crippen LogP contribution in [0.1, 0.15) is 37.5 Å². The molecule has 2 aliphatic rings. The normalized spacial score (nSPS) is 26.2. The second kappa shape index (κ2) is 5.69. The number of methoxy groups -OCH3 is 1. The van der Waals surface area contributed by atoms with E-state index >= 15 is 0 Å². The molecule has 1 aliphatic carbocycles. The highest BCUT2D eigenvalue weighted by Crippen LogP contribution is 2.36. The Hall–Kier alpha value is -1.54. The average Bonchev–Trinajstić information content (AvgIpc) is 3.10. The molecule has 1 amide bonds. The second-order valence-electron chi connectivity index (χ2n) is 5.84. The van der Waals surface area contributed by atoms with Gasteiger partial charge in [0.25, 0.3) is 0 Å². The first-order valence-electron chi connectivity index (χ1n) is 7.44. The molecule has 1 aromatic heterocycles. The van der Waals surface area contributed by atoms with Crippen LogP contribution in [-0.4, -0.2) is 63.9 Å². The summed E-state index contributed by atoms with van der Waals surface area (Å²) in [6.45, 7) is 1.83. The summed E-state index contributed by atoms with van der Waals surface area (Å²) in [5.41, 5.74) is -0.607. The summed E-state index contributed by atoms with van der Waals surface area (Å²) in [6.07, 6.45) is 4.04. The number of hydrogen-bond donors (Lipinski definition) is 1. The van der Waals surface area contributed by atoms with Crippen molar-refractivity contribution in [2.75, 3.05) is 27.3 Å². The van der Waals surface area contributed by atoms with Crippen molar-refractivity contribution in [1.29, 1.82) is 0 Å². The molecule has 1 N–H and O–H groups in total. The average molecular weight is 294 g/mol. The lowest BCUT2D eigenvalue weighted by molar-refractivity contribution is -0.135. The number of carbonyl (C=O) groups excluding carboxylic acids is 1. The third-order valence-electron chi connectivity index (χ3n) is 4.44. The lowest BCUT2D eigenvalue weighted by Crippen LogP contribution is -2.57. The lowest BCUT2D eigenvalue weighted by atomic mass is 9.96. The fraction of sp³-hybridized carbons (Fsp3) is 0.846. The van der Waals surface area contributed by atoms with E-state index in [9.17, 15) is 4.79 Å². The Morgan fingerprint density at radius 1 is 1.52 bits per heavy atom. The zero-order chi connectivity index (χ0) is 14.9. The van der Waals surface area contributed by atoms with Crippen LogP contribution in [0.15, 0.2) is 0 Å². The predicted molar refractivity (Wildman–Crippen MR) is 74.4 cm³/mol. The molecule has 1 atom stereocenters. The number of tetrazole rings is 1. The fourth-order valence-electron chi connectivity index (χ4n) is 3.21. The van der Waals surface area contributed by atoms with E-state index in [2.05, 4.69) is 25.7 Å². The maximum atomic E-state index is 12.4. The van der Waals surface area contributed by atoms with Crippen LogP contribution in [0.3, 0.4) is 0 Å². The zero-order valence-corrected chi connectivity index (χ0v) is 12.6. The van der Waals surface area contributed by atoms with E-state index in [0.717, 1.165) is 38.1 Å². The number of likely N-dealkylation sites (N-methyl/N-ethyl adjacent to an activating group) is 1. The Morgan fingerprint density at radius 2 is 2.33 bits per heavy atom. The SMILES string of the molecule is CNC(=O)C1(COC)CCCN1Cc1nnnn1C1CC1. The highest BCUT2D eigenvalue weighted by atomic mass is 16.5. The molecule has 0 radical (unpaired) electrons. The van der Waals surface area contributed by atoms with Gasteiger partial charge in [0, 0.05) is 14.2 Å². The van der Waals surface area contributed by atoms with Crippen molar-refractivity contribution in [3.63, 3.8) is 0 Å². The highest BCUT2D eigenvalue weighted by molar-refractivity contribution is 5.86. The van der Waals surface area contributed by atoms with E-state index in [0.29, 0.717) is 19.2 Å². The quantitative estimate of drug-likeness (QED) is 0.778. The minimum atomic E-state index is -0.607. The number of likely N-dealkylation sites (tertiary alicyclic amines) is 1. The summed E-state index contributed by atoms with van der Waals surface area (Å²) in [5, 5.41) is 14.8. The van der Waals surface area contributed by atoms with Crippen LogP contribution in [-0.2, 0) is 16.1 Å². The molecule has 8 heteroatoms. The molecule has 1 saturated heterocycles. The molecule has 1 saturated carbocycles. The van der Waals surface area contributed by atoms with Crippen LogP contribution < -0.4 is 5.32 Å². The molecule has 21 heavy (non-hydrogen) atoms. The molecule has 0 spiro atoms. The van der Waals surface area contributed by atoms with Crippen LogP contribution in [0.5, 0.6) is 0 Å². The number of aromatic nitrogens is 4. The van der Waals surface area contributed by atoms with Gasteiger partial charge in [-0.25, -0.2) is 4.68 Å². The molecule has 2 fully saturated rings. The number of amides is 1. The molecular formula is C13H22N6O2. The third kappa shape index (κ3) is 2.53. The molecule has 2 heterocycles. The largest absolute Gasteiger partial charge is 0.382 e. The molecule has 0 bridgehead atoms. The smallest absolute Gasteiger partial charge is 0.242 e. The fourth-order valence-corrected chi connectivity index (χ4v) is 3.21. The Balaban J connectivity index is 1.81. The summed E-state index contributed by atoms with van der Waals surface area (Å²) in [7, 11) is 3.31. The van der Waals surface area contributed by atoms with Gasteiger partial charge in [-0.1, -0.05) is 0 Å². The Bertz CT molecular complexity index is 515. The molecule has 116 valence electrons. The van der Waals surface area contributed by atoms with Gasteiger partial charge in [-0.3, -0.25) is 9.69 Å². The molecule has 1 aliphatic heterocycles. The van der Waals surface area contributed by atoms with Gasteiger partial charge < -0.3 is 10.1 Å². The van der Waals surface area contributed by atoms with Crippen molar-refractivity contribution in [2.45, 2.75) is 43.8 Å². The molecule has 3 rings (SSSR count). The van der Waals surface area contributed by atoms with Gasteiger partial charge in [-0.15, -0.1) is 5.10 Å². The number of hydrogen-bond acceptors (Lipinski definition) is 6. The van der Waals surface area contributed by atoms with Gasteiger partial charge in [0.15, 0.2) is 5.82 Å². The summed E-state index contributed by atoms with van der Waals surface area (Å²) in [4.78, 5) is 14.6. The van der Waals surface area contributed by atoms with Gasteiger partial charge in [0.05, 0.1) is 19.2 Å². The van der Waals surface area contributed by atoms with Gasteiger partial charge in [-0.2, -0.15) is 0 Å². The maximum Gasteiger partial charge on any atom is 0.242 e. The summed E-state index contributed by atoms with van der Waals surface area (Å²) < 4.78 is 7.23. The number of rotatable bonds is 6. The number of nitrogens with one attached hydrogen (secondary N) is 1. The van der Waals surface area contributed by atoms with Gasteiger partial charge in [0.1, 0.15) is 5.54 Å². The van der Waals surface area contributed by atoms with E-state index in [1.54, 1.807) is 14.2 Å². The monoisotopic (exact) mass is 294 g/mol. The predicted octanol–water partition coefficient (Wildman–Crippen LogP) is -0.265. The summed E-state index contributed by atoms with van der Waals surface area (Å²) in [6, 6.07) is 0.439. The lowest BCUT2D eigenvalue weighted by Gasteiger charge is -2.35. The van der Waals surface area contributed by atoms with Gasteiger partial charge in [-0.05, 0) is 42.7 Å². The Labute approximate surface area is 123 Å². The standard InChI is InChI=1S/C13H22N6O2/c1-14-12(20)13(9-21-2)6-3-7-18(13)8-11-15-16-17-19(11)10-4-5-10/h10H,3-9H2,1-2H3,(H,14,20). The zero-order valence-electron chi connectivity index (χ0n) is 12.6. The van der Waals surface area contributed by atoms with Crippen molar-refractivity contribution in [1.82, 2.24) is 30.4 Å². The van der Waals surface area contributed by atoms with Crippen LogP contribution in [0.25, 0.3) is 0 Å². The molecule has 8 nitrogen and oxygen atoms in total. The van der Waals surface area contributed by atoms with Crippen molar-refractivity contribution in [3.8, 4) is 0 Å². The van der Waals surface area contributed by atoms with Crippen molar-refractivity contribution >= 4 is 5.91 Å². The third-order valence-corrected chi connectivity index (χ3v) is 4.44. The molecule has 1 unspecified atom stereocenters. The first-order valence-corrected chi connectivity index (χ1v) is 7.44. The van der Waals surface area contributed by atoms with E-state index in [1.165, 1.54) is 0 Å². The summed E-state index contributed by atoms with van der Waals surface area (Å²) >= 11 is 0. The minimum Gasteiger partial charge on any atom is -0.382 e. The van der Waals surface area contributed by atoms with Crippen LogP contribution in [0.2, 0.25) is 0 Å². The molecular weight excluding hydrogens is 272 g/mol. The summed E-state index contributed by atoms with van der Waals surface area (Å²) in [5.74, 6) is 0.844. The van der Waals surface area contributed by atoms with Crippen LogP contribution in [0.4, 0.5) is 0 Å². The number of nitrogens with zero attached hydrogens (tertiary/aromatic N) is 5. The van der Waals surface area contributed by atoms with E-state index in [-0.39, 0.29) is 5.91 Å². The van der Waals surface area contributed by atoms with E-state index in [4.69, 9.17) is 4.74 Å². The van der Waals surface area contributed by atoms with Crippen molar-refractivity contribution < 1.29 is 9.53 Å². The van der Waals surface area contributed by atoms with Crippen molar-refractivity contribution in [2.24, 2.45) is 0 Å². The second-order valence-corrected chi connectivity index (χ2v) is 5.84. The maximum absolute atomic E-state index is 12.4. The highest BCUT2D eigenvalue weighted by Gasteiger charge is 2.47. The topological polar surface area (TPSA) is 85.2 Å². The number of carbonyl (C=O) groups is 1. The molecule has 1 aromatic rings. The van der Waals surface area contributed by atoms with Gasteiger partial charge >= 0.3 is 0 Å². The van der Waals surface area contributed by atoms with E-state index < -0.39 is 5.54 Å². The Kier molecular flexibility index (Phi) is 3.90. The Morgan fingerprint density at radius 3 is 3.00 bits per heavy atom. The van der Waals surface area contributed by atoms with E-state index in [1.807, 2.05) is 4.68 Å². The first kappa shape index (κ1) is 14.4. The molecule has 0 aromatic carbocycles. The van der Waals surface area contributed by atoms with Crippen LogP contribution >= 0.6 is 0 Å². The van der Waals surface area contributed by atoms with Crippen LogP contribution in [0, 0.1) is 0 Å². The first-order chi connectivity index (χ1) is 10.2. The minimum absolute atomic E-state index is 0.00676. The van der Waals surface area contributed by atoms with Gasteiger partial charge in [0.2, 0.25) is 5.91 Å². The number of ether oxygens (including phenoxy) is 1. The van der Waals surface area contributed by atoms with Crippen molar-refractivity contribution in [3.05, 3.63) is 5.82 Å².